The number of nitrogens with zero attached hydrogens (tertiary/aromatic N) is 4. The largest absolute Gasteiger partial charge is 0.497 e. The lowest BCUT2D eigenvalue weighted by Crippen LogP contribution is -2.43. The molecule has 1 aromatic heterocycles. The van der Waals surface area contributed by atoms with Crippen molar-refractivity contribution >= 4 is 17.9 Å². The summed E-state index contributed by atoms with van der Waals surface area (Å²) >= 11 is 0. The van der Waals surface area contributed by atoms with Crippen LogP contribution in [-0.4, -0.2) is 40.1 Å². The molecule has 0 saturated heterocycles. The summed E-state index contributed by atoms with van der Waals surface area (Å²) in [6.07, 6.45) is 6.13. The van der Waals surface area contributed by atoms with E-state index in [0.717, 1.165) is 24.1 Å². The minimum Gasteiger partial charge on any atom is -0.497 e. The second-order valence-corrected chi connectivity index (χ2v) is 8.58. The van der Waals surface area contributed by atoms with Gasteiger partial charge >= 0.3 is 0 Å². The highest BCUT2D eigenvalue weighted by Gasteiger charge is 2.35. The maximum absolute atomic E-state index is 13.5. The number of rotatable bonds is 8. The zero-order chi connectivity index (χ0) is 25.7. The Kier molecular flexibility index (Phi) is 7.45. The summed E-state index contributed by atoms with van der Waals surface area (Å²) in [6.45, 7) is 3.99. The van der Waals surface area contributed by atoms with E-state index in [9.17, 15) is 14.9 Å². The van der Waals surface area contributed by atoms with Crippen LogP contribution in [0.3, 0.4) is 0 Å². The number of hydrogen-bond donors (Lipinski definition) is 0. The zero-order valence-electron chi connectivity index (χ0n) is 20.7. The third-order valence-corrected chi connectivity index (χ3v) is 6.22. The second kappa shape index (κ2) is 10.9. The molecule has 7 nitrogen and oxygen atoms in total. The average Bonchev–Trinajstić information content (AvgIpc) is 3.33. The van der Waals surface area contributed by atoms with Gasteiger partial charge in [-0.25, -0.2) is 4.68 Å². The monoisotopic (exact) mass is 480 g/mol. The van der Waals surface area contributed by atoms with Crippen LogP contribution < -0.4 is 4.74 Å². The molecule has 0 aliphatic carbocycles. The highest BCUT2D eigenvalue weighted by Crippen LogP contribution is 2.32. The van der Waals surface area contributed by atoms with E-state index in [4.69, 9.17) is 9.84 Å². The number of unbranched alkanes of at least 4 members (excludes halogenated alkanes) is 2. The van der Waals surface area contributed by atoms with Gasteiger partial charge in [-0.2, -0.15) is 10.4 Å². The summed E-state index contributed by atoms with van der Waals surface area (Å²) < 4.78 is 7.15. The number of methoxy groups -OCH3 is 1. The first-order valence-electron chi connectivity index (χ1n) is 12.0. The first-order valence-corrected chi connectivity index (χ1v) is 12.0. The fourth-order valence-corrected chi connectivity index (χ4v) is 4.21. The van der Waals surface area contributed by atoms with Gasteiger partial charge in [0.2, 0.25) is 0 Å². The molecule has 4 rings (SSSR count). The molecular formula is C29H28N4O3. The number of benzene rings is 2. The molecule has 7 heteroatoms. The van der Waals surface area contributed by atoms with Crippen LogP contribution in [0.4, 0.5) is 0 Å². The minimum absolute atomic E-state index is 0.00395. The number of amides is 2. The maximum Gasteiger partial charge on any atom is 0.271 e. The Balaban J connectivity index is 1.87. The van der Waals surface area contributed by atoms with E-state index in [1.54, 1.807) is 24.8 Å². The summed E-state index contributed by atoms with van der Waals surface area (Å²) in [5.74, 6) is -0.234. The van der Waals surface area contributed by atoms with E-state index in [1.165, 1.54) is 4.90 Å². The molecular weight excluding hydrogens is 452 g/mol. The van der Waals surface area contributed by atoms with Crippen molar-refractivity contribution in [3.05, 3.63) is 83.1 Å². The normalized spacial score (nSPS) is 14.9. The smallest absolute Gasteiger partial charge is 0.271 e. The lowest BCUT2D eigenvalue weighted by atomic mass is 9.93. The number of imide groups is 1. The number of para-hydroxylation sites is 1. The van der Waals surface area contributed by atoms with Gasteiger partial charge in [-0.05, 0) is 49.3 Å². The number of nitriles is 1. The van der Waals surface area contributed by atoms with Crippen molar-refractivity contribution in [1.29, 1.82) is 5.26 Å². The van der Waals surface area contributed by atoms with Crippen LogP contribution in [0.25, 0.3) is 23.0 Å². The molecule has 0 radical (unpaired) electrons. The van der Waals surface area contributed by atoms with Crippen molar-refractivity contribution in [2.75, 3.05) is 13.7 Å². The Morgan fingerprint density at radius 2 is 1.83 bits per heavy atom. The third kappa shape index (κ3) is 4.84. The lowest BCUT2D eigenvalue weighted by Gasteiger charge is -2.27. The number of carbonyl (C=O) groups is 2. The van der Waals surface area contributed by atoms with Crippen LogP contribution >= 0.6 is 0 Å². The molecule has 0 fully saturated rings. The molecule has 1 aliphatic rings. The van der Waals surface area contributed by atoms with Gasteiger partial charge in [0, 0.05) is 29.4 Å². The highest BCUT2D eigenvalue weighted by atomic mass is 16.5. The number of hydrogen-bond acceptors (Lipinski definition) is 5. The van der Waals surface area contributed by atoms with Gasteiger partial charge in [0.05, 0.1) is 12.8 Å². The fraction of sp³-hybridized carbons (Fsp3) is 0.241. The zero-order valence-corrected chi connectivity index (χ0v) is 20.7. The molecule has 0 atom stereocenters. The van der Waals surface area contributed by atoms with Gasteiger partial charge in [-0.1, -0.05) is 50.1 Å². The number of aromatic nitrogens is 2. The average molecular weight is 481 g/mol. The first kappa shape index (κ1) is 24.7. The van der Waals surface area contributed by atoms with Crippen LogP contribution in [0.5, 0.6) is 5.75 Å². The first-order chi connectivity index (χ1) is 17.5. The van der Waals surface area contributed by atoms with Gasteiger partial charge in [-0.15, -0.1) is 0 Å². The van der Waals surface area contributed by atoms with Gasteiger partial charge in [0.25, 0.3) is 11.8 Å². The predicted molar refractivity (Wildman–Crippen MR) is 138 cm³/mol. The molecule has 0 N–H and O–H groups in total. The Bertz CT molecular complexity index is 1390. The molecule has 1 aliphatic heterocycles. The van der Waals surface area contributed by atoms with E-state index in [1.807, 2.05) is 66.9 Å². The molecule has 0 spiro atoms. The number of ether oxygens (including phenoxy) is 1. The Labute approximate surface area is 210 Å². The third-order valence-electron chi connectivity index (χ3n) is 6.22. The summed E-state index contributed by atoms with van der Waals surface area (Å²) in [7, 11) is 1.60. The summed E-state index contributed by atoms with van der Waals surface area (Å²) in [5, 5.41) is 14.5. The van der Waals surface area contributed by atoms with Crippen molar-refractivity contribution in [1.82, 2.24) is 14.7 Å². The Morgan fingerprint density at radius 1 is 1.06 bits per heavy atom. The maximum atomic E-state index is 13.5. The van der Waals surface area contributed by atoms with Crippen molar-refractivity contribution in [2.24, 2.45) is 0 Å². The van der Waals surface area contributed by atoms with Crippen LogP contribution in [0.1, 0.15) is 38.7 Å². The van der Waals surface area contributed by atoms with E-state index in [0.29, 0.717) is 34.6 Å². The Hall–Kier alpha value is -4.44. The molecule has 0 bridgehead atoms. The molecule has 3 aromatic rings. The topological polar surface area (TPSA) is 88.2 Å². The van der Waals surface area contributed by atoms with Crippen LogP contribution in [0.15, 0.2) is 77.5 Å². The molecule has 2 amide bonds. The van der Waals surface area contributed by atoms with Crippen molar-refractivity contribution in [3.63, 3.8) is 0 Å². The van der Waals surface area contributed by atoms with E-state index >= 15 is 0 Å². The summed E-state index contributed by atoms with van der Waals surface area (Å²) in [5.41, 5.74) is 3.71. The minimum atomic E-state index is -0.527. The standard InChI is InChI=1S/C29H28N4O3/c1-4-5-9-15-32-28(34)25(20(2)26(18-30)29(32)35)17-22-19-33(23-12-7-6-8-13-23)31-27(22)21-11-10-14-24(16-21)36-3/h6-8,10-14,16-17,19H,4-5,9,15H2,1-3H3/b25-17+. The molecule has 36 heavy (non-hydrogen) atoms. The summed E-state index contributed by atoms with van der Waals surface area (Å²) in [4.78, 5) is 27.6. The highest BCUT2D eigenvalue weighted by molar-refractivity contribution is 6.19. The lowest BCUT2D eigenvalue weighted by molar-refractivity contribution is -0.140. The van der Waals surface area contributed by atoms with Crippen molar-refractivity contribution in [2.45, 2.75) is 33.1 Å². The van der Waals surface area contributed by atoms with Crippen molar-refractivity contribution < 1.29 is 14.3 Å². The van der Waals surface area contributed by atoms with E-state index in [2.05, 4.69) is 6.92 Å². The van der Waals surface area contributed by atoms with Gasteiger partial charge in [-0.3, -0.25) is 14.5 Å². The van der Waals surface area contributed by atoms with Gasteiger partial charge < -0.3 is 4.74 Å². The SMILES string of the molecule is CCCCCN1C(=O)C(C#N)=C(C)/C(=C\c2cn(-c3ccccc3)nc2-c2cccc(OC)c2)C1=O. The van der Waals surface area contributed by atoms with Crippen LogP contribution in [0, 0.1) is 11.3 Å². The summed E-state index contributed by atoms with van der Waals surface area (Å²) in [6, 6.07) is 19.2. The molecule has 182 valence electrons. The molecule has 0 unspecified atom stereocenters. The second-order valence-electron chi connectivity index (χ2n) is 8.58. The molecule has 2 heterocycles. The van der Waals surface area contributed by atoms with Gasteiger partial charge in [0.15, 0.2) is 0 Å². The van der Waals surface area contributed by atoms with E-state index < -0.39 is 11.8 Å². The fourth-order valence-electron chi connectivity index (χ4n) is 4.21. The van der Waals surface area contributed by atoms with Gasteiger partial charge in [0.1, 0.15) is 23.1 Å². The van der Waals surface area contributed by atoms with Crippen LogP contribution in [0.2, 0.25) is 0 Å². The number of carbonyl (C=O) groups excluding carboxylic acids is 2. The quantitative estimate of drug-likeness (QED) is 0.247. The molecule has 2 aromatic carbocycles. The van der Waals surface area contributed by atoms with E-state index in [-0.39, 0.29) is 12.1 Å². The Morgan fingerprint density at radius 3 is 2.53 bits per heavy atom. The predicted octanol–water partition coefficient (Wildman–Crippen LogP) is 5.33. The van der Waals surface area contributed by atoms with Crippen LogP contribution in [-0.2, 0) is 9.59 Å². The van der Waals surface area contributed by atoms with Crippen molar-refractivity contribution in [3.8, 4) is 28.8 Å². The molecule has 0 saturated carbocycles.